The smallest absolute Gasteiger partial charge is 0.372 e. The summed E-state index contributed by atoms with van der Waals surface area (Å²) in [4.78, 5) is 16.3. The minimum Gasteiger partial charge on any atom is -0.439 e. The van der Waals surface area contributed by atoms with E-state index in [1.807, 2.05) is 24.3 Å². The van der Waals surface area contributed by atoms with Crippen LogP contribution in [0.3, 0.4) is 0 Å². The molecule has 120 valence electrons. The highest BCUT2D eigenvalue weighted by atomic mass is 32.2. The first-order chi connectivity index (χ1) is 11.6. The van der Waals surface area contributed by atoms with Crippen LogP contribution in [0.25, 0.3) is 11.1 Å². The first-order valence-electron chi connectivity index (χ1n) is 7.28. The number of nitrogens with zero attached hydrogens (tertiary/aromatic N) is 2. The van der Waals surface area contributed by atoms with Crippen LogP contribution in [0.1, 0.15) is 12.8 Å². The van der Waals surface area contributed by atoms with Gasteiger partial charge in [-0.3, -0.25) is 0 Å². The van der Waals surface area contributed by atoms with Crippen LogP contribution < -0.4 is 4.74 Å². The molecule has 6 heteroatoms. The van der Waals surface area contributed by atoms with Gasteiger partial charge in [0.1, 0.15) is 16.7 Å². The van der Waals surface area contributed by atoms with Gasteiger partial charge in [0.25, 0.3) is 0 Å². The molecule has 1 heterocycles. The molecule has 1 aromatic heterocycles. The predicted octanol–water partition coefficient (Wildman–Crippen LogP) is 4.54. The fourth-order valence-corrected chi connectivity index (χ4v) is 2.82. The van der Waals surface area contributed by atoms with Gasteiger partial charge in [0, 0.05) is 5.75 Å². The number of rotatable bonds is 4. The molecule has 0 N–H and O–H groups in total. The number of oxazole rings is 1. The Morgan fingerprint density at radius 2 is 1.96 bits per heavy atom. The molecule has 0 spiro atoms. The lowest BCUT2D eigenvalue weighted by atomic mass is 9.96. The summed E-state index contributed by atoms with van der Waals surface area (Å²) < 4.78 is 10.9. The zero-order valence-electron chi connectivity index (χ0n) is 12.9. The number of hydrogen-bond donors (Lipinski definition) is 0. The third-order valence-electron chi connectivity index (χ3n) is 3.44. The van der Waals surface area contributed by atoms with E-state index in [-0.39, 0.29) is 5.75 Å². The van der Waals surface area contributed by atoms with Gasteiger partial charge in [-0.25, -0.2) is 9.78 Å². The van der Waals surface area contributed by atoms with Gasteiger partial charge in [0.15, 0.2) is 5.58 Å². The molecular formula is C18H14N2O3S. The second-order valence-corrected chi connectivity index (χ2v) is 6.30. The number of benzene rings is 2. The molecule has 0 fully saturated rings. The highest BCUT2D eigenvalue weighted by Gasteiger charge is 2.34. The molecule has 0 saturated carbocycles. The average molecular weight is 338 g/mol. The van der Waals surface area contributed by atoms with Gasteiger partial charge in [0.05, 0.1) is 6.07 Å². The van der Waals surface area contributed by atoms with Crippen molar-refractivity contribution in [2.24, 2.45) is 0 Å². The fraction of sp³-hybridized carbons (Fsp3) is 0.167. The zero-order valence-corrected chi connectivity index (χ0v) is 13.7. The highest BCUT2D eigenvalue weighted by Crippen LogP contribution is 2.30. The third kappa shape index (κ3) is 3.42. The lowest BCUT2D eigenvalue weighted by Crippen LogP contribution is -2.24. The van der Waals surface area contributed by atoms with Crippen molar-refractivity contribution in [1.82, 2.24) is 4.98 Å². The standard InChI is InChI=1S/C18H14N2O3S/c1-18(11-19,16-20-14-9-5-6-10-15(14)23-16)12-24-17(21)22-13-7-3-2-4-8-13/h2-10H,12H2,1H3. The van der Waals surface area contributed by atoms with Crippen molar-refractivity contribution in [1.29, 1.82) is 5.26 Å². The molecular weight excluding hydrogens is 324 g/mol. The Morgan fingerprint density at radius 1 is 1.25 bits per heavy atom. The van der Waals surface area contributed by atoms with Gasteiger partial charge in [-0.05, 0) is 43.0 Å². The fourth-order valence-electron chi connectivity index (χ4n) is 2.07. The van der Waals surface area contributed by atoms with E-state index in [0.29, 0.717) is 22.7 Å². The number of nitriles is 1. The molecule has 0 radical (unpaired) electrons. The average Bonchev–Trinajstić information content (AvgIpc) is 3.05. The Morgan fingerprint density at radius 3 is 2.67 bits per heavy atom. The number of hydrogen-bond acceptors (Lipinski definition) is 6. The second kappa shape index (κ2) is 6.77. The van der Waals surface area contributed by atoms with Crippen LogP contribution in [0.5, 0.6) is 5.75 Å². The first-order valence-corrected chi connectivity index (χ1v) is 8.26. The Balaban J connectivity index is 1.71. The molecule has 3 aromatic rings. The van der Waals surface area contributed by atoms with Crippen molar-refractivity contribution in [3.8, 4) is 11.8 Å². The molecule has 0 bridgehead atoms. The van der Waals surface area contributed by atoms with E-state index in [2.05, 4.69) is 11.1 Å². The summed E-state index contributed by atoms with van der Waals surface area (Å²) in [7, 11) is 0. The summed E-state index contributed by atoms with van der Waals surface area (Å²) in [5.74, 6) is 0.948. The summed E-state index contributed by atoms with van der Waals surface area (Å²) in [5.41, 5.74) is 0.274. The van der Waals surface area contributed by atoms with Crippen LogP contribution in [0.2, 0.25) is 0 Å². The summed E-state index contributed by atoms with van der Waals surface area (Å²) in [6, 6.07) is 18.3. The number of carbonyl (C=O) groups is 1. The molecule has 2 aromatic carbocycles. The zero-order chi connectivity index (χ0) is 17.0. The second-order valence-electron chi connectivity index (χ2n) is 5.38. The van der Waals surface area contributed by atoms with Crippen LogP contribution in [-0.2, 0) is 5.41 Å². The van der Waals surface area contributed by atoms with E-state index in [4.69, 9.17) is 9.15 Å². The molecule has 1 atom stereocenters. The summed E-state index contributed by atoms with van der Waals surface area (Å²) >= 11 is 0.924. The van der Waals surface area contributed by atoms with Crippen LogP contribution >= 0.6 is 11.8 Å². The number of para-hydroxylation sites is 3. The first kappa shape index (κ1) is 16.1. The summed E-state index contributed by atoms with van der Waals surface area (Å²) in [6.45, 7) is 1.69. The Kier molecular flexibility index (Phi) is 4.54. The van der Waals surface area contributed by atoms with Gasteiger partial charge in [0.2, 0.25) is 5.89 Å². The van der Waals surface area contributed by atoms with E-state index in [9.17, 15) is 10.1 Å². The molecule has 3 rings (SSSR count). The summed E-state index contributed by atoms with van der Waals surface area (Å²) in [6.07, 6.45) is 0. The monoisotopic (exact) mass is 338 g/mol. The SMILES string of the molecule is CC(C#N)(CSC(=O)Oc1ccccc1)c1nc2ccccc2o1. The number of aromatic nitrogens is 1. The minimum atomic E-state index is -1.03. The minimum absolute atomic E-state index is 0.183. The Labute approximate surface area is 143 Å². The van der Waals surface area contributed by atoms with Gasteiger partial charge < -0.3 is 9.15 Å². The van der Waals surface area contributed by atoms with Crippen molar-refractivity contribution >= 4 is 28.2 Å². The number of ether oxygens (including phenoxy) is 1. The lowest BCUT2D eigenvalue weighted by molar-refractivity contribution is 0.227. The van der Waals surface area contributed by atoms with Crippen molar-refractivity contribution in [3.63, 3.8) is 0 Å². The molecule has 0 amide bonds. The quantitative estimate of drug-likeness (QED) is 0.650. The highest BCUT2D eigenvalue weighted by molar-refractivity contribution is 8.13. The Hall–Kier alpha value is -2.78. The largest absolute Gasteiger partial charge is 0.439 e. The van der Waals surface area contributed by atoms with Crippen molar-refractivity contribution < 1.29 is 13.9 Å². The van der Waals surface area contributed by atoms with Gasteiger partial charge in [-0.1, -0.05) is 30.3 Å². The molecule has 1 unspecified atom stereocenters. The number of carbonyl (C=O) groups excluding carboxylic acids is 1. The number of fused-ring (bicyclic) bond motifs is 1. The molecule has 0 aliphatic rings. The third-order valence-corrected chi connectivity index (χ3v) is 4.48. The van der Waals surface area contributed by atoms with Crippen molar-refractivity contribution in [2.75, 3.05) is 5.75 Å². The molecule has 0 aliphatic carbocycles. The normalized spacial score (nSPS) is 13.2. The maximum Gasteiger partial charge on any atom is 0.372 e. The van der Waals surface area contributed by atoms with Crippen molar-refractivity contribution in [3.05, 3.63) is 60.5 Å². The molecule has 24 heavy (non-hydrogen) atoms. The van der Waals surface area contributed by atoms with E-state index < -0.39 is 10.7 Å². The Bertz CT molecular complexity index is 868. The van der Waals surface area contributed by atoms with Crippen LogP contribution in [0, 0.1) is 11.3 Å². The maximum absolute atomic E-state index is 12.0. The van der Waals surface area contributed by atoms with E-state index in [0.717, 1.165) is 11.8 Å². The lowest BCUT2D eigenvalue weighted by Gasteiger charge is -2.16. The van der Waals surface area contributed by atoms with Gasteiger partial charge in [-0.2, -0.15) is 5.26 Å². The van der Waals surface area contributed by atoms with Gasteiger partial charge in [-0.15, -0.1) is 0 Å². The molecule has 0 aliphatic heterocycles. The van der Waals surface area contributed by atoms with Gasteiger partial charge >= 0.3 is 5.30 Å². The summed E-state index contributed by atoms with van der Waals surface area (Å²) in [5, 5.41) is 9.08. The van der Waals surface area contributed by atoms with Crippen molar-refractivity contribution in [2.45, 2.75) is 12.3 Å². The van der Waals surface area contributed by atoms with Crippen LogP contribution in [0.15, 0.2) is 59.0 Å². The molecule has 5 nitrogen and oxygen atoms in total. The van der Waals surface area contributed by atoms with E-state index in [1.54, 1.807) is 37.3 Å². The maximum atomic E-state index is 12.0. The number of thioether (sulfide) groups is 1. The predicted molar refractivity (Wildman–Crippen MR) is 91.9 cm³/mol. The van der Waals surface area contributed by atoms with E-state index >= 15 is 0 Å². The topological polar surface area (TPSA) is 76.1 Å². The van der Waals surface area contributed by atoms with Crippen LogP contribution in [-0.4, -0.2) is 16.0 Å². The van der Waals surface area contributed by atoms with Crippen LogP contribution in [0.4, 0.5) is 4.79 Å². The van der Waals surface area contributed by atoms with E-state index in [1.165, 1.54) is 0 Å². The molecule has 0 saturated heterocycles.